The highest BCUT2D eigenvalue weighted by atomic mass is 16.5. The van der Waals surface area contributed by atoms with Gasteiger partial charge < -0.3 is 19.5 Å². The summed E-state index contributed by atoms with van der Waals surface area (Å²) in [6.07, 6.45) is -0.551. The number of ether oxygens (including phenoxy) is 1. The van der Waals surface area contributed by atoms with Crippen molar-refractivity contribution in [1.29, 1.82) is 0 Å². The molecule has 0 atom stereocenters. The highest BCUT2D eigenvalue weighted by Crippen LogP contribution is 2.14. The van der Waals surface area contributed by atoms with Crippen molar-refractivity contribution in [3.63, 3.8) is 0 Å². The standard InChI is InChI=1S/C15H18N4O4/c1-10-8-13(18-23-10)9-19(2)14(20)16-11-4-6-12(7-5-11)17-15(21)22-3/h4-8H,9H2,1-3H3,(H,16,20)(H,17,21). The van der Waals surface area contributed by atoms with Crippen molar-refractivity contribution in [3.8, 4) is 0 Å². The first-order valence-corrected chi connectivity index (χ1v) is 6.87. The van der Waals surface area contributed by atoms with E-state index in [9.17, 15) is 9.59 Å². The molecule has 1 heterocycles. The molecular formula is C15H18N4O4. The summed E-state index contributed by atoms with van der Waals surface area (Å²) in [5, 5.41) is 9.12. The first-order valence-electron chi connectivity index (χ1n) is 6.87. The van der Waals surface area contributed by atoms with Crippen molar-refractivity contribution in [3.05, 3.63) is 41.8 Å². The van der Waals surface area contributed by atoms with Crippen molar-refractivity contribution >= 4 is 23.5 Å². The van der Waals surface area contributed by atoms with E-state index in [-0.39, 0.29) is 6.03 Å². The highest BCUT2D eigenvalue weighted by molar-refractivity contribution is 5.90. The van der Waals surface area contributed by atoms with Gasteiger partial charge in [0.05, 0.1) is 13.7 Å². The quantitative estimate of drug-likeness (QED) is 0.903. The topological polar surface area (TPSA) is 96.7 Å². The molecule has 1 aromatic carbocycles. The van der Waals surface area contributed by atoms with Gasteiger partial charge in [0, 0.05) is 24.5 Å². The van der Waals surface area contributed by atoms with E-state index < -0.39 is 6.09 Å². The van der Waals surface area contributed by atoms with Crippen LogP contribution < -0.4 is 10.6 Å². The molecule has 0 aliphatic rings. The minimum atomic E-state index is -0.551. The van der Waals surface area contributed by atoms with Gasteiger partial charge in [-0.1, -0.05) is 5.16 Å². The molecule has 0 aliphatic carbocycles. The second kappa shape index (κ2) is 7.30. The average Bonchev–Trinajstić information content (AvgIpc) is 2.94. The zero-order chi connectivity index (χ0) is 16.8. The average molecular weight is 318 g/mol. The molecule has 3 amide bonds. The zero-order valence-electron chi connectivity index (χ0n) is 13.1. The molecule has 1 aromatic heterocycles. The largest absolute Gasteiger partial charge is 0.453 e. The fraction of sp³-hybridized carbons (Fsp3) is 0.267. The molecule has 0 aliphatic heterocycles. The molecule has 0 bridgehead atoms. The Morgan fingerprint density at radius 1 is 1.22 bits per heavy atom. The lowest BCUT2D eigenvalue weighted by molar-refractivity contribution is 0.187. The number of aromatic nitrogens is 1. The Hall–Kier alpha value is -3.03. The number of nitrogens with zero attached hydrogens (tertiary/aromatic N) is 2. The van der Waals surface area contributed by atoms with Gasteiger partial charge >= 0.3 is 12.1 Å². The van der Waals surface area contributed by atoms with Crippen LogP contribution in [0.25, 0.3) is 0 Å². The van der Waals surface area contributed by atoms with Crippen LogP contribution in [0.3, 0.4) is 0 Å². The number of nitrogens with one attached hydrogen (secondary N) is 2. The van der Waals surface area contributed by atoms with E-state index in [1.807, 2.05) is 0 Å². The maximum absolute atomic E-state index is 12.1. The molecule has 8 heteroatoms. The fourth-order valence-electron chi connectivity index (χ4n) is 1.83. The molecule has 0 radical (unpaired) electrons. The number of methoxy groups -OCH3 is 1. The maximum Gasteiger partial charge on any atom is 0.411 e. The summed E-state index contributed by atoms with van der Waals surface area (Å²) in [5.74, 6) is 0.697. The third kappa shape index (κ3) is 4.73. The summed E-state index contributed by atoms with van der Waals surface area (Å²) < 4.78 is 9.46. The van der Waals surface area contributed by atoms with Crippen molar-refractivity contribution in [2.24, 2.45) is 0 Å². The molecule has 0 unspecified atom stereocenters. The predicted octanol–water partition coefficient (Wildman–Crippen LogP) is 2.83. The Bertz CT molecular complexity index is 681. The van der Waals surface area contributed by atoms with Crippen molar-refractivity contribution in [2.75, 3.05) is 24.8 Å². The molecule has 2 N–H and O–H groups in total. The number of carbonyl (C=O) groups is 2. The number of hydrogen-bond acceptors (Lipinski definition) is 5. The van der Waals surface area contributed by atoms with Gasteiger partial charge in [0.25, 0.3) is 0 Å². The zero-order valence-corrected chi connectivity index (χ0v) is 13.1. The Morgan fingerprint density at radius 2 is 1.83 bits per heavy atom. The number of anilines is 2. The summed E-state index contributed by atoms with van der Waals surface area (Å²) in [5.41, 5.74) is 1.85. The monoisotopic (exact) mass is 318 g/mol. The van der Waals surface area contributed by atoms with E-state index in [4.69, 9.17) is 4.52 Å². The van der Waals surface area contributed by atoms with Crippen LogP contribution in [0.15, 0.2) is 34.9 Å². The molecule has 122 valence electrons. The summed E-state index contributed by atoms with van der Waals surface area (Å²) in [6.45, 7) is 2.13. The Balaban J connectivity index is 1.90. The summed E-state index contributed by atoms with van der Waals surface area (Å²) >= 11 is 0. The van der Waals surface area contributed by atoms with Crippen LogP contribution in [0, 0.1) is 6.92 Å². The Morgan fingerprint density at radius 3 is 2.35 bits per heavy atom. The number of hydrogen-bond donors (Lipinski definition) is 2. The second-order valence-corrected chi connectivity index (χ2v) is 4.91. The molecule has 2 rings (SSSR count). The normalized spacial score (nSPS) is 10.0. The van der Waals surface area contributed by atoms with E-state index >= 15 is 0 Å². The fourth-order valence-corrected chi connectivity index (χ4v) is 1.83. The van der Waals surface area contributed by atoms with E-state index in [2.05, 4.69) is 20.5 Å². The number of aryl methyl sites for hydroxylation is 1. The molecule has 0 fully saturated rings. The lowest BCUT2D eigenvalue weighted by Crippen LogP contribution is -2.30. The molecule has 2 aromatic rings. The van der Waals surface area contributed by atoms with Crippen LogP contribution in [0.4, 0.5) is 21.0 Å². The number of amides is 3. The molecular weight excluding hydrogens is 300 g/mol. The van der Waals surface area contributed by atoms with E-state index in [1.54, 1.807) is 44.3 Å². The molecule has 0 saturated carbocycles. The van der Waals surface area contributed by atoms with Crippen LogP contribution in [-0.4, -0.2) is 36.3 Å². The molecule has 23 heavy (non-hydrogen) atoms. The Labute approximate surface area is 133 Å². The van der Waals surface area contributed by atoms with Crippen LogP contribution in [0.2, 0.25) is 0 Å². The molecule has 0 saturated heterocycles. The van der Waals surface area contributed by atoms with Gasteiger partial charge in [-0.05, 0) is 31.2 Å². The van der Waals surface area contributed by atoms with E-state index in [1.165, 1.54) is 12.0 Å². The maximum atomic E-state index is 12.1. The molecule has 0 spiro atoms. The van der Waals surface area contributed by atoms with E-state index in [0.29, 0.717) is 29.4 Å². The molecule has 8 nitrogen and oxygen atoms in total. The highest BCUT2D eigenvalue weighted by Gasteiger charge is 2.12. The first-order chi connectivity index (χ1) is 11.0. The minimum Gasteiger partial charge on any atom is -0.453 e. The van der Waals surface area contributed by atoms with Gasteiger partial charge in [-0.3, -0.25) is 5.32 Å². The lowest BCUT2D eigenvalue weighted by atomic mass is 10.3. The van der Waals surface area contributed by atoms with Crippen LogP contribution in [0.1, 0.15) is 11.5 Å². The lowest BCUT2D eigenvalue weighted by Gasteiger charge is -2.16. The summed E-state index contributed by atoms with van der Waals surface area (Å²) in [6, 6.07) is 8.17. The van der Waals surface area contributed by atoms with Crippen molar-refractivity contribution in [1.82, 2.24) is 10.1 Å². The Kier molecular flexibility index (Phi) is 5.19. The van der Waals surface area contributed by atoms with Gasteiger partial charge in [-0.2, -0.15) is 0 Å². The van der Waals surface area contributed by atoms with Gasteiger partial charge in [-0.25, -0.2) is 9.59 Å². The second-order valence-electron chi connectivity index (χ2n) is 4.91. The number of benzene rings is 1. The summed E-state index contributed by atoms with van der Waals surface area (Å²) in [4.78, 5) is 24.7. The van der Waals surface area contributed by atoms with Crippen LogP contribution in [0.5, 0.6) is 0 Å². The third-order valence-electron chi connectivity index (χ3n) is 2.99. The van der Waals surface area contributed by atoms with Gasteiger partial charge in [-0.15, -0.1) is 0 Å². The van der Waals surface area contributed by atoms with Gasteiger partial charge in [0.1, 0.15) is 11.5 Å². The predicted molar refractivity (Wildman–Crippen MR) is 84.2 cm³/mol. The number of rotatable bonds is 4. The number of urea groups is 1. The van der Waals surface area contributed by atoms with Crippen LogP contribution >= 0.6 is 0 Å². The van der Waals surface area contributed by atoms with Gasteiger partial charge in [0.2, 0.25) is 0 Å². The van der Waals surface area contributed by atoms with Crippen molar-refractivity contribution in [2.45, 2.75) is 13.5 Å². The SMILES string of the molecule is COC(=O)Nc1ccc(NC(=O)N(C)Cc2cc(C)on2)cc1. The van der Waals surface area contributed by atoms with Crippen LogP contribution in [-0.2, 0) is 11.3 Å². The third-order valence-corrected chi connectivity index (χ3v) is 2.99. The smallest absolute Gasteiger partial charge is 0.411 e. The van der Waals surface area contributed by atoms with Crippen molar-refractivity contribution < 1.29 is 18.8 Å². The van der Waals surface area contributed by atoms with E-state index in [0.717, 1.165) is 0 Å². The minimum absolute atomic E-state index is 0.278. The first kappa shape index (κ1) is 16.3. The number of carbonyl (C=O) groups excluding carboxylic acids is 2. The van der Waals surface area contributed by atoms with Gasteiger partial charge in [0.15, 0.2) is 0 Å². The summed E-state index contributed by atoms with van der Waals surface area (Å²) in [7, 11) is 2.95.